The standard InChI is InChI=1S/C18H14Cl2N2O3/c1-10(17-21-15-5-3-2-4-13(15)18(24)22-17)25-16(23)8-11-6-7-12(19)9-14(11)20/h2-7,9-10H,8H2,1H3,(H,21,22,24)/t10-/m1/s1. The number of hydrogen-bond donors (Lipinski definition) is 1. The first-order chi connectivity index (χ1) is 11.9. The minimum Gasteiger partial charge on any atom is -0.454 e. The van der Waals surface area contributed by atoms with E-state index >= 15 is 0 Å². The molecule has 0 amide bonds. The van der Waals surface area contributed by atoms with Crippen LogP contribution in [-0.4, -0.2) is 15.9 Å². The molecule has 1 heterocycles. The second-order valence-electron chi connectivity index (χ2n) is 5.51. The van der Waals surface area contributed by atoms with Gasteiger partial charge in [0.15, 0.2) is 11.9 Å². The predicted molar refractivity (Wildman–Crippen MR) is 97.0 cm³/mol. The van der Waals surface area contributed by atoms with Gasteiger partial charge in [0.2, 0.25) is 0 Å². The van der Waals surface area contributed by atoms with Crippen molar-refractivity contribution in [3.63, 3.8) is 0 Å². The van der Waals surface area contributed by atoms with Crippen molar-refractivity contribution in [1.29, 1.82) is 0 Å². The molecular formula is C18H14Cl2N2O3. The average Bonchev–Trinajstić information content (AvgIpc) is 2.57. The zero-order valence-corrected chi connectivity index (χ0v) is 14.8. The van der Waals surface area contributed by atoms with Crippen molar-refractivity contribution in [3.8, 4) is 0 Å². The van der Waals surface area contributed by atoms with Gasteiger partial charge in [-0.15, -0.1) is 0 Å². The van der Waals surface area contributed by atoms with Gasteiger partial charge in [0, 0.05) is 10.0 Å². The number of esters is 1. The molecule has 0 saturated carbocycles. The van der Waals surface area contributed by atoms with Gasteiger partial charge in [-0.3, -0.25) is 9.59 Å². The van der Waals surface area contributed by atoms with E-state index in [9.17, 15) is 9.59 Å². The van der Waals surface area contributed by atoms with E-state index in [2.05, 4.69) is 9.97 Å². The summed E-state index contributed by atoms with van der Waals surface area (Å²) in [5, 5.41) is 1.38. The minimum atomic E-state index is -0.698. The highest BCUT2D eigenvalue weighted by atomic mass is 35.5. The van der Waals surface area contributed by atoms with E-state index in [4.69, 9.17) is 27.9 Å². The molecule has 0 saturated heterocycles. The molecular weight excluding hydrogens is 363 g/mol. The van der Waals surface area contributed by atoms with Gasteiger partial charge in [-0.25, -0.2) is 4.98 Å². The maximum absolute atomic E-state index is 12.1. The van der Waals surface area contributed by atoms with E-state index < -0.39 is 12.1 Å². The fraction of sp³-hybridized carbons (Fsp3) is 0.167. The number of fused-ring (bicyclic) bond motifs is 1. The first kappa shape index (κ1) is 17.5. The molecule has 5 nitrogen and oxygen atoms in total. The third-order valence-corrected chi connectivity index (χ3v) is 4.26. The normalized spacial score (nSPS) is 12.1. The van der Waals surface area contributed by atoms with Gasteiger partial charge in [-0.1, -0.05) is 41.4 Å². The number of benzene rings is 2. The number of H-pyrrole nitrogens is 1. The van der Waals surface area contributed by atoms with Crippen LogP contribution in [0.5, 0.6) is 0 Å². The molecule has 0 spiro atoms. The molecule has 1 atom stereocenters. The number of hydrogen-bond acceptors (Lipinski definition) is 4. The van der Waals surface area contributed by atoms with Crippen LogP contribution in [0.3, 0.4) is 0 Å². The van der Waals surface area contributed by atoms with E-state index in [1.54, 1.807) is 49.4 Å². The molecule has 0 bridgehead atoms. The summed E-state index contributed by atoms with van der Waals surface area (Å²) in [5.74, 6) is -0.188. The third-order valence-electron chi connectivity index (χ3n) is 3.67. The van der Waals surface area contributed by atoms with Crippen LogP contribution in [-0.2, 0) is 16.0 Å². The second-order valence-corrected chi connectivity index (χ2v) is 6.36. The monoisotopic (exact) mass is 376 g/mol. The molecule has 3 aromatic rings. The van der Waals surface area contributed by atoms with Gasteiger partial charge in [-0.2, -0.15) is 0 Å². The van der Waals surface area contributed by atoms with Gasteiger partial charge < -0.3 is 9.72 Å². The molecule has 3 rings (SSSR count). The molecule has 0 radical (unpaired) electrons. The van der Waals surface area contributed by atoms with Crippen molar-refractivity contribution in [2.24, 2.45) is 0 Å². The Morgan fingerprint density at radius 3 is 2.76 bits per heavy atom. The lowest BCUT2D eigenvalue weighted by molar-refractivity contribution is -0.148. The number of para-hydroxylation sites is 1. The number of aromatic amines is 1. The second kappa shape index (κ2) is 7.25. The van der Waals surface area contributed by atoms with E-state index in [0.717, 1.165) is 0 Å². The molecule has 0 aliphatic rings. The maximum atomic E-state index is 12.1. The number of aromatic nitrogens is 2. The highest BCUT2D eigenvalue weighted by molar-refractivity contribution is 6.35. The lowest BCUT2D eigenvalue weighted by Crippen LogP contribution is -2.18. The summed E-state index contributed by atoms with van der Waals surface area (Å²) in [6.45, 7) is 1.65. The van der Waals surface area contributed by atoms with Gasteiger partial charge in [0.25, 0.3) is 5.56 Å². The number of halogens is 2. The summed E-state index contributed by atoms with van der Waals surface area (Å²) in [4.78, 5) is 31.2. The Labute approximate surface area is 153 Å². The number of nitrogens with one attached hydrogen (secondary N) is 1. The lowest BCUT2D eigenvalue weighted by Gasteiger charge is -2.13. The number of carbonyl (C=O) groups is 1. The Morgan fingerprint density at radius 2 is 2.00 bits per heavy atom. The van der Waals surface area contributed by atoms with Crippen molar-refractivity contribution < 1.29 is 9.53 Å². The Morgan fingerprint density at radius 1 is 1.24 bits per heavy atom. The van der Waals surface area contributed by atoms with Crippen LogP contribution in [0.1, 0.15) is 24.4 Å². The van der Waals surface area contributed by atoms with E-state index in [1.807, 2.05) is 0 Å². The Hall–Kier alpha value is -2.37. The number of ether oxygens (including phenoxy) is 1. The SMILES string of the molecule is C[C@@H](OC(=O)Cc1ccc(Cl)cc1Cl)c1nc2ccccc2c(=O)[nH]1. The number of rotatable bonds is 4. The van der Waals surface area contributed by atoms with Crippen molar-refractivity contribution in [2.45, 2.75) is 19.4 Å². The fourth-order valence-corrected chi connectivity index (χ4v) is 2.89. The molecule has 7 heteroatoms. The molecule has 1 aromatic heterocycles. The van der Waals surface area contributed by atoms with Crippen LogP contribution >= 0.6 is 23.2 Å². The maximum Gasteiger partial charge on any atom is 0.311 e. The van der Waals surface area contributed by atoms with Crippen LogP contribution < -0.4 is 5.56 Å². The highest BCUT2D eigenvalue weighted by Gasteiger charge is 2.17. The van der Waals surface area contributed by atoms with Crippen molar-refractivity contribution in [2.75, 3.05) is 0 Å². The summed E-state index contributed by atoms with van der Waals surface area (Å²) in [7, 11) is 0. The van der Waals surface area contributed by atoms with Gasteiger partial charge in [0.05, 0.1) is 17.3 Å². The first-order valence-electron chi connectivity index (χ1n) is 7.56. The molecule has 0 unspecified atom stereocenters. The Balaban J connectivity index is 1.76. The third kappa shape index (κ3) is 4.00. The molecule has 1 N–H and O–H groups in total. The van der Waals surface area contributed by atoms with Crippen LogP contribution in [0.4, 0.5) is 0 Å². The topological polar surface area (TPSA) is 72.0 Å². The number of nitrogens with zero attached hydrogens (tertiary/aromatic N) is 1. The summed E-state index contributed by atoms with van der Waals surface area (Å²) >= 11 is 11.9. The molecule has 128 valence electrons. The summed E-state index contributed by atoms with van der Waals surface area (Å²) in [6.07, 6.45) is -0.700. The van der Waals surface area contributed by atoms with E-state index in [-0.39, 0.29) is 12.0 Å². The summed E-state index contributed by atoms with van der Waals surface area (Å²) in [5.41, 5.74) is 0.886. The minimum absolute atomic E-state index is 0.00183. The lowest BCUT2D eigenvalue weighted by atomic mass is 10.1. The van der Waals surface area contributed by atoms with E-state index in [1.165, 1.54) is 0 Å². The average molecular weight is 377 g/mol. The highest BCUT2D eigenvalue weighted by Crippen LogP contribution is 2.22. The molecule has 0 fully saturated rings. The van der Waals surface area contributed by atoms with E-state index in [0.29, 0.717) is 32.3 Å². The molecule has 25 heavy (non-hydrogen) atoms. The number of carbonyl (C=O) groups excluding carboxylic acids is 1. The largest absolute Gasteiger partial charge is 0.454 e. The zero-order valence-electron chi connectivity index (χ0n) is 13.3. The van der Waals surface area contributed by atoms with Crippen LogP contribution in [0.2, 0.25) is 10.0 Å². The van der Waals surface area contributed by atoms with Crippen LogP contribution in [0.25, 0.3) is 10.9 Å². The van der Waals surface area contributed by atoms with Gasteiger partial charge in [-0.05, 0) is 36.8 Å². The Bertz CT molecular complexity index is 1000. The summed E-state index contributed by atoms with van der Waals surface area (Å²) < 4.78 is 5.37. The van der Waals surface area contributed by atoms with Gasteiger partial charge >= 0.3 is 5.97 Å². The predicted octanol–water partition coefficient (Wildman–Crippen LogP) is 4.08. The van der Waals surface area contributed by atoms with Crippen LogP contribution in [0.15, 0.2) is 47.3 Å². The Kier molecular flexibility index (Phi) is 5.06. The van der Waals surface area contributed by atoms with Crippen molar-refractivity contribution >= 4 is 40.1 Å². The van der Waals surface area contributed by atoms with Crippen LogP contribution in [0, 0.1) is 0 Å². The molecule has 0 aliphatic carbocycles. The fourth-order valence-electron chi connectivity index (χ4n) is 2.41. The molecule has 2 aromatic carbocycles. The van der Waals surface area contributed by atoms with Crippen molar-refractivity contribution in [1.82, 2.24) is 9.97 Å². The molecule has 0 aliphatic heterocycles. The smallest absolute Gasteiger partial charge is 0.311 e. The summed E-state index contributed by atoms with van der Waals surface area (Å²) in [6, 6.07) is 11.9. The van der Waals surface area contributed by atoms with Gasteiger partial charge in [0.1, 0.15) is 0 Å². The quantitative estimate of drug-likeness (QED) is 0.696. The van der Waals surface area contributed by atoms with Crippen molar-refractivity contribution in [3.05, 3.63) is 74.3 Å². The zero-order chi connectivity index (χ0) is 18.0. The first-order valence-corrected chi connectivity index (χ1v) is 8.32.